The van der Waals surface area contributed by atoms with Gasteiger partial charge in [0.05, 0.1) is 12.9 Å². The lowest BCUT2D eigenvalue weighted by molar-refractivity contribution is 0.0563. The molecule has 1 rings (SSSR count). The van der Waals surface area contributed by atoms with Crippen molar-refractivity contribution in [2.75, 3.05) is 19.5 Å². The predicted octanol–water partition coefficient (Wildman–Crippen LogP) is 1.93. The monoisotopic (exact) mass is 244 g/mol. The lowest BCUT2D eigenvalue weighted by atomic mass is 10.2. The third-order valence-corrected chi connectivity index (χ3v) is 3.30. The largest absolute Gasteiger partial charge is 0.463 e. The number of aliphatic hydroxyl groups excluding tert-OH is 1. The van der Waals surface area contributed by atoms with Gasteiger partial charge in [0.25, 0.3) is 0 Å². The average molecular weight is 244 g/mol. The second-order valence-corrected chi connectivity index (χ2v) is 4.59. The Morgan fingerprint density at radius 2 is 2.38 bits per heavy atom. The minimum atomic E-state index is -0.458. The Morgan fingerprint density at radius 1 is 1.62 bits per heavy atom. The summed E-state index contributed by atoms with van der Waals surface area (Å²) in [6.45, 7) is 2.17. The molecule has 1 atom stereocenters. The lowest BCUT2D eigenvalue weighted by Crippen LogP contribution is -2.03. The van der Waals surface area contributed by atoms with Crippen molar-refractivity contribution in [2.24, 2.45) is 5.92 Å². The summed E-state index contributed by atoms with van der Waals surface area (Å²) in [7, 11) is 1.32. The van der Waals surface area contributed by atoms with Crippen molar-refractivity contribution < 1.29 is 19.1 Å². The van der Waals surface area contributed by atoms with Crippen molar-refractivity contribution in [3.8, 4) is 0 Å². The van der Waals surface area contributed by atoms with Crippen LogP contribution < -0.4 is 0 Å². The van der Waals surface area contributed by atoms with Gasteiger partial charge in [-0.05, 0) is 23.8 Å². The zero-order valence-corrected chi connectivity index (χ0v) is 10.3. The van der Waals surface area contributed by atoms with Crippen molar-refractivity contribution in [1.29, 1.82) is 0 Å². The number of carbonyl (C=O) groups excluding carboxylic acids is 1. The van der Waals surface area contributed by atoms with Gasteiger partial charge in [-0.3, -0.25) is 0 Å². The van der Waals surface area contributed by atoms with Gasteiger partial charge < -0.3 is 14.3 Å². The Hall–Kier alpha value is -0.940. The summed E-state index contributed by atoms with van der Waals surface area (Å²) < 4.78 is 9.83. The molecule has 0 saturated carbocycles. The highest BCUT2D eigenvalue weighted by Gasteiger charge is 2.11. The lowest BCUT2D eigenvalue weighted by Gasteiger charge is -2.05. The predicted molar refractivity (Wildman–Crippen MR) is 62.5 cm³/mol. The first-order chi connectivity index (χ1) is 7.67. The molecule has 0 aliphatic carbocycles. The van der Waals surface area contributed by atoms with Crippen LogP contribution >= 0.6 is 11.8 Å². The fourth-order valence-corrected chi connectivity index (χ4v) is 2.06. The molecule has 1 N–H and O–H groups in total. The van der Waals surface area contributed by atoms with Crippen LogP contribution in [0.5, 0.6) is 0 Å². The van der Waals surface area contributed by atoms with Crippen LogP contribution in [-0.4, -0.2) is 30.5 Å². The van der Waals surface area contributed by atoms with Gasteiger partial charge in [-0.1, -0.05) is 6.92 Å². The van der Waals surface area contributed by atoms with Gasteiger partial charge in [-0.2, -0.15) is 11.8 Å². The molecule has 1 aromatic rings. The van der Waals surface area contributed by atoms with Crippen molar-refractivity contribution in [3.05, 3.63) is 23.7 Å². The molecule has 0 bridgehead atoms. The maximum absolute atomic E-state index is 11.1. The first-order valence-corrected chi connectivity index (χ1v) is 6.18. The number of furan rings is 1. The maximum Gasteiger partial charge on any atom is 0.373 e. The van der Waals surface area contributed by atoms with E-state index in [1.54, 1.807) is 23.9 Å². The molecule has 16 heavy (non-hydrogen) atoms. The van der Waals surface area contributed by atoms with E-state index in [2.05, 4.69) is 4.74 Å². The van der Waals surface area contributed by atoms with Crippen molar-refractivity contribution >= 4 is 17.7 Å². The standard InChI is InChI=1S/C11H16O4S/c1-8(5-12)6-16-7-9-3-4-10(15-9)11(13)14-2/h3-4,8,12H,5-7H2,1-2H3. The summed E-state index contributed by atoms with van der Waals surface area (Å²) in [4.78, 5) is 11.1. The second-order valence-electron chi connectivity index (χ2n) is 3.56. The summed E-state index contributed by atoms with van der Waals surface area (Å²) >= 11 is 1.67. The number of rotatable bonds is 6. The third-order valence-electron chi connectivity index (χ3n) is 2.01. The Labute approximate surface area is 99.0 Å². The highest BCUT2D eigenvalue weighted by atomic mass is 32.2. The van der Waals surface area contributed by atoms with Crippen LogP contribution in [-0.2, 0) is 10.5 Å². The molecule has 0 aliphatic heterocycles. The van der Waals surface area contributed by atoms with E-state index in [1.165, 1.54) is 7.11 Å². The van der Waals surface area contributed by atoms with Gasteiger partial charge in [0.1, 0.15) is 5.76 Å². The molecule has 4 nitrogen and oxygen atoms in total. The molecule has 0 saturated heterocycles. The molecule has 0 amide bonds. The van der Waals surface area contributed by atoms with E-state index < -0.39 is 5.97 Å². The summed E-state index contributed by atoms with van der Waals surface area (Å²) in [5.74, 6) is 2.36. The quantitative estimate of drug-likeness (QED) is 0.775. The summed E-state index contributed by atoms with van der Waals surface area (Å²) in [6, 6.07) is 3.38. The Morgan fingerprint density at radius 3 is 3.00 bits per heavy atom. The fourth-order valence-electron chi connectivity index (χ4n) is 1.08. The minimum Gasteiger partial charge on any atom is -0.463 e. The first-order valence-electron chi connectivity index (χ1n) is 5.03. The van der Waals surface area contributed by atoms with E-state index in [1.807, 2.05) is 6.92 Å². The van der Waals surface area contributed by atoms with Crippen molar-refractivity contribution in [2.45, 2.75) is 12.7 Å². The molecule has 0 aromatic carbocycles. The normalized spacial score (nSPS) is 12.4. The first kappa shape index (κ1) is 13.1. The molecule has 1 aromatic heterocycles. The van der Waals surface area contributed by atoms with Crippen LogP contribution in [0.4, 0.5) is 0 Å². The van der Waals surface area contributed by atoms with E-state index in [0.29, 0.717) is 5.75 Å². The van der Waals surface area contributed by atoms with E-state index >= 15 is 0 Å². The number of thioether (sulfide) groups is 1. The smallest absolute Gasteiger partial charge is 0.373 e. The molecular weight excluding hydrogens is 228 g/mol. The highest BCUT2D eigenvalue weighted by Crippen LogP contribution is 2.18. The molecule has 0 aliphatic rings. The summed E-state index contributed by atoms with van der Waals surface area (Å²) in [5, 5.41) is 8.84. The molecule has 90 valence electrons. The summed E-state index contributed by atoms with van der Waals surface area (Å²) in [5.41, 5.74) is 0. The number of aliphatic hydroxyl groups is 1. The molecule has 0 spiro atoms. The average Bonchev–Trinajstić information content (AvgIpc) is 2.76. The fraction of sp³-hybridized carbons (Fsp3) is 0.545. The number of ether oxygens (including phenoxy) is 1. The van der Waals surface area contributed by atoms with Gasteiger partial charge in [0, 0.05) is 6.61 Å². The van der Waals surface area contributed by atoms with Gasteiger partial charge in [0.15, 0.2) is 0 Å². The van der Waals surface area contributed by atoms with E-state index in [-0.39, 0.29) is 18.3 Å². The molecule has 0 radical (unpaired) electrons. The number of carbonyl (C=O) groups is 1. The SMILES string of the molecule is COC(=O)c1ccc(CSCC(C)CO)o1. The van der Waals surface area contributed by atoms with E-state index in [9.17, 15) is 4.79 Å². The minimum absolute atomic E-state index is 0.193. The van der Waals surface area contributed by atoms with Crippen LogP contribution in [0.3, 0.4) is 0 Å². The summed E-state index contributed by atoms with van der Waals surface area (Å²) in [6.07, 6.45) is 0. The third kappa shape index (κ3) is 3.90. The van der Waals surface area contributed by atoms with Crippen LogP contribution in [0.25, 0.3) is 0 Å². The number of hydrogen-bond donors (Lipinski definition) is 1. The molecule has 5 heteroatoms. The highest BCUT2D eigenvalue weighted by molar-refractivity contribution is 7.98. The van der Waals surface area contributed by atoms with Gasteiger partial charge in [-0.25, -0.2) is 4.79 Å². The Balaban J connectivity index is 2.38. The second kappa shape index (κ2) is 6.60. The van der Waals surface area contributed by atoms with Crippen LogP contribution in [0, 0.1) is 5.92 Å². The van der Waals surface area contributed by atoms with Crippen LogP contribution in [0.15, 0.2) is 16.5 Å². The van der Waals surface area contributed by atoms with Gasteiger partial charge in [-0.15, -0.1) is 0 Å². The van der Waals surface area contributed by atoms with Crippen LogP contribution in [0.1, 0.15) is 23.2 Å². The van der Waals surface area contributed by atoms with Gasteiger partial charge >= 0.3 is 5.97 Å². The molecule has 1 heterocycles. The van der Waals surface area contributed by atoms with Gasteiger partial charge in [0.2, 0.25) is 5.76 Å². The Bertz CT molecular complexity index is 334. The maximum atomic E-state index is 11.1. The van der Waals surface area contributed by atoms with E-state index in [0.717, 1.165) is 11.5 Å². The Kier molecular flexibility index (Phi) is 5.42. The molecule has 0 fully saturated rings. The van der Waals surface area contributed by atoms with Crippen molar-refractivity contribution in [1.82, 2.24) is 0 Å². The van der Waals surface area contributed by atoms with Crippen LogP contribution in [0.2, 0.25) is 0 Å². The number of hydrogen-bond acceptors (Lipinski definition) is 5. The van der Waals surface area contributed by atoms with Crippen molar-refractivity contribution in [3.63, 3.8) is 0 Å². The zero-order valence-electron chi connectivity index (χ0n) is 9.43. The number of esters is 1. The topological polar surface area (TPSA) is 59.7 Å². The number of methoxy groups -OCH3 is 1. The molecule has 1 unspecified atom stereocenters. The molecular formula is C11H16O4S. The zero-order chi connectivity index (χ0) is 12.0. The van der Waals surface area contributed by atoms with E-state index in [4.69, 9.17) is 9.52 Å².